The zero-order valence-corrected chi connectivity index (χ0v) is 10.3. The Morgan fingerprint density at radius 1 is 0.947 bits per heavy atom. The lowest BCUT2D eigenvalue weighted by atomic mass is 10.0. The molecular formula is C16H12N2O. The lowest BCUT2D eigenvalue weighted by molar-refractivity contribution is 0.0994. The molecule has 0 amide bonds. The van der Waals surface area contributed by atoms with Gasteiger partial charge in [-0.25, -0.2) is 0 Å². The highest BCUT2D eigenvalue weighted by Gasteiger charge is 2.11. The molecule has 0 bridgehead atoms. The van der Waals surface area contributed by atoms with Gasteiger partial charge in [0.25, 0.3) is 0 Å². The quantitative estimate of drug-likeness (QED) is 0.669. The smallest absolute Gasteiger partial charge is 0.169 e. The Hall–Kier alpha value is -2.55. The first-order valence-electron chi connectivity index (χ1n) is 6.10. The first-order valence-corrected chi connectivity index (χ1v) is 6.10. The molecule has 0 aliphatic carbocycles. The number of rotatable bonds is 3. The fourth-order valence-corrected chi connectivity index (χ4v) is 2.11. The summed E-state index contributed by atoms with van der Waals surface area (Å²) < 4.78 is 0. The average Bonchev–Trinajstić information content (AvgIpc) is 2.47. The summed E-state index contributed by atoms with van der Waals surface area (Å²) in [4.78, 5) is 20.6. The van der Waals surface area contributed by atoms with Crippen molar-refractivity contribution >= 4 is 16.7 Å². The Kier molecular flexibility index (Phi) is 3.02. The lowest BCUT2D eigenvalue weighted by Crippen LogP contribution is -2.05. The van der Waals surface area contributed by atoms with Crippen molar-refractivity contribution in [2.45, 2.75) is 6.42 Å². The minimum absolute atomic E-state index is 0.0792. The second-order valence-corrected chi connectivity index (χ2v) is 4.34. The van der Waals surface area contributed by atoms with Gasteiger partial charge in [-0.1, -0.05) is 18.2 Å². The highest BCUT2D eigenvalue weighted by Crippen LogP contribution is 2.17. The van der Waals surface area contributed by atoms with Crippen molar-refractivity contribution in [1.82, 2.24) is 9.97 Å². The zero-order chi connectivity index (χ0) is 13.1. The van der Waals surface area contributed by atoms with Gasteiger partial charge >= 0.3 is 0 Å². The highest BCUT2D eigenvalue weighted by molar-refractivity contribution is 6.07. The number of benzene rings is 1. The normalized spacial score (nSPS) is 10.5. The molecule has 19 heavy (non-hydrogen) atoms. The first kappa shape index (κ1) is 11.5. The highest BCUT2D eigenvalue weighted by atomic mass is 16.1. The van der Waals surface area contributed by atoms with Gasteiger partial charge in [-0.15, -0.1) is 0 Å². The molecule has 2 aromatic heterocycles. The Morgan fingerprint density at radius 2 is 1.74 bits per heavy atom. The van der Waals surface area contributed by atoms with Gasteiger partial charge in [0.15, 0.2) is 5.78 Å². The number of pyridine rings is 2. The Balaban J connectivity index is 1.98. The van der Waals surface area contributed by atoms with E-state index >= 15 is 0 Å². The van der Waals surface area contributed by atoms with E-state index in [0.717, 1.165) is 16.5 Å². The predicted molar refractivity (Wildman–Crippen MR) is 74.0 cm³/mol. The molecule has 3 aromatic rings. The van der Waals surface area contributed by atoms with Crippen molar-refractivity contribution in [2.24, 2.45) is 0 Å². The number of carbonyl (C=O) groups is 1. The van der Waals surface area contributed by atoms with Crippen LogP contribution in [0.25, 0.3) is 10.9 Å². The molecule has 1 aromatic carbocycles. The maximum absolute atomic E-state index is 12.4. The van der Waals surface area contributed by atoms with Crippen molar-refractivity contribution in [3.8, 4) is 0 Å². The third kappa shape index (κ3) is 2.36. The number of aromatic nitrogens is 2. The Morgan fingerprint density at radius 3 is 2.58 bits per heavy atom. The number of carbonyl (C=O) groups excluding carboxylic acids is 1. The topological polar surface area (TPSA) is 42.9 Å². The van der Waals surface area contributed by atoms with E-state index in [9.17, 15) is 4.79 Å². The molecule has 0 aliphatic rings. The van der Waals surface area contributed by atoms with E-state index in [-0.39, 0.29) is 5.78 Å². The van der Waals surface area contributed by atoms with Gasteiger partial charge in [-0.05, 0) is 29.8 Å². The van der Waals surface area contributed by atoms with Crippen LogP contribution in [0.3, 0.4) is 0 Å². The predicted octanol–water partition coefficient (Wildman–Crippen LogP) is 3.06. The van der Waals surface area contributed by atoms with E-state index in [1.165, 1.54) is 0 Å². The summed E-state index contributed by atoms with van der Waals surface area (Å²) in [7, 11) is 0. The van der Waals surface area contributed by atoms with Crippen LogP contribution in [0.15, 0.2) is 61.1 Å². The molecule has 0 saturated heterocycles. The molecule has 0 radical (unpaired) electrons. The van der Waals surface area contributed by atoms with Gasteiger partial charge in [0, 0.05) is 36.0 Å². The van der Waals surface area contributed by atoms with E-state index in [2.05, 4.69) is 9.97 Å². The van der Waals surface area contributed by atoms with Crippen molar-refractivity contribution in [1.29, 1.82) is 0 Å². The summed E-state index contributed by atoms with van der Waals surface area (Å²) in [6.07, 6.45) is 5.48. The number of hydrogen-bond donors (Lipinski definition) is 0. The second kappa shape index (κ2) is 4.98. The van der Waals surface area contributed by atoms with E-state index in [1.807, 2.05) is 42.5 Å². The van der Waals surface area contributed by atoms with Gasteiger partial charge in [-0.3, -0.25) is 14.8 Å². The molecule has 0 N–H and O–H groups in total. The molecule has 3 rings (SSSR count). The Labute approximate surface area is 111 Å². The van der Waals surface area contributed by atoms with Gasteiger partial charge < -0.3 is 0 Å². The number of nitrogens with zero attached hydrogens (tertiary/aromatic N) is 2. The number of Topliss-reactive ketones (excluding diaryl/α,β-unsaturated/α-hetero) is 1. The van der Waals surface area contributed by atoms with Crippen LogP contribution in [-0.2, 0) is 6.42 Å². The van der Waals surface area contributed by atoms with Crippen LogP contribution in [0.4, 0.5) is 0 Å². The van der Waals surface area contributed by atoms with Crippen LogP contribution < -0.4 is 0 Å². The van der Waals surface area contributed by atoms with Crippen molar-refractivity contribution in [3.05, 3.63) is 72.2 Å². The van der Waals surface area contributed by atoms with Gasteiger partial charge in [0.2, 0.25) is 0 Å². The molecule has 0 unspecified atom stereocenters. The van der Waals surface area contributed by atoms with Crippen LogP contribution in [0.2, 0.25) is 0 Å². The van der Waals surface area contributed by atoms with Crippen molar-refractivity contribution < 1.29 is 4.79 Å². The molecule has 0 fully saturated rings. The summed E-state index contributed by atoms with van der Waals surface area (Å²) >= 11 is 0. The van der Waals surface area contributed by atoms with Crippen LogP contribution in [0.5, 0.6) is 0 Å². The molecule has 0 aliphatic heterocycles. The summed E-state index contributed by atoms with van der Waals surface area (Å²) in [5, 5.41) is 0.989. The average molecular weight is 248 g/mol. The molecule has 0 spiro atoms. The standard InChI is InChI=1S/C16H12N2O/c19-15(11-12-6-9-17-10-7-12)14-5-1-3-13-4-2-8-18-16(13)14/h1-10H,11H2. The van der Waals surface area contributed by atoms with E-state index in [1.54, 1.807) is 18.6 Å². The number of hydrogen-bond acceptors (Lipinski definition) is 3. The van der Waals surface area contributed by atoms with Crippen molar-refractivity contribution in [2.75, 3.05) is 0 Å². The second-order valence-electron chi connectivity index (χ2n) is 4.34. The van der Waals surface area contributed by atoms with Gasteiger partial charge in [-0.2, -0.15) is 0 Å². The van der Waals surface area contributed by atoms with Crippen LogP contribution >= 0.6 is 0 Å². The molecule has 92 valence electrons. The molecule has 3 heteroatoms. The molecule has 2 heterocycles. The molecular weight excluding hydrogens is 236 g/mol. The largest absolute Gasteiger partial charge is 0.294 e. The SMILES string of the molecule is O=C(Cc1ccncc1)c1cccc2cccnc12. The number of para-hydroxylation sites is 1. The third-order valence-corrected chi connectivity index (χ3v) is 3.05. The molecule has 0 atom stereocenters. The monoisotopic (exact) mass is 248 g/mol. The summed E-state index contributed by atoms with van der Waals surface area (Å²) in [5.41, 5.74) is 2.41. The van der Waals surface area contributed by atoms with Crippen molar-refractivity contribution in [3.63, 3.8) is 0 Å². The fourth-order valence-electron chi connectivity index (χ4n) is 2.11. The van der Waals surface area contributed by atoms with Gasteiger partial charge in [0.05, 0.1) is 5.52 Å². The van der Waals surface area contributed by atoms with E-state index in [4.69, 9.17) is 0 Å². The zero-order valence-electron chi connectivity index (χ0n) is 10.3. The first-order chi connectivity index (χ1) is 9.34. The molecule has 0 saturated carbocycles. The molecule has 3 nitrogen and oxygen atoms in total. The maximum Gasteiger partial charge on any atom is 0.169 e. The minimum atomic E-state index is 0.0792. The summed E-state index contributed by atoms with van der Waals surface area (Å²) in [5.74, 6) is 0.0792. The van der Waals surface area contributed by atoms with Crippen LogP contribution in [-0.4, -0.2) is 15.8 Å². The van der Waals surface area contributed by atoms with Crippen LogP contribution in [0, 0.1) is 0 Å². The lowest BCUT2D eigenvalue weighted by Gasteiger charge is -2.04. The fraction of sp³-hybridized carbons (Fsp3) is 0.0625. The third-order valence-electron chi connectivity index (χ3n) is 3.05. The minimum Gasteiger partial charge on any atom is -0.294 e. The summed E-state index contributed by atoms with van der Waals surface area (Å²) in [6, 6.07) is 13.2. The van der Waals surface area contributed by atoms with E-state index in [0.29, 0.717) is 12.0 Å². The maximum atomic E-state index is 12.4. The van der Waals surface area contributed by atoms with Gasteiger partial charge in [0.1, 0.15) is 0 Å². The summed E-state index contributed by atoms with van der Waals surface area (Å²) in [6.45, 7) is 0. The number of ketones is 1. The number of fused-ring (bicyclic) bond motifs is 1. The Bertz CT molecular complexity index is 718. The van der Waals surface area contributed by atoms with E-state index < -0.39 is 0 Å². The van der Waals surface area contributed by atoms with Crippen LogP contribution in [0.1, 0.15) is 15.9 Å².